The Balaban J connectivity index is 2.95. The second-order valence-electron chi connectivity index (χ2n) is 7.75. The van der Waals surface area contributed by atoms with Crippen molar-refractivity contribution in [2.45, 2.75) is 96.9 Å². The average Bonchev–Trinajstić information content (AvgIpc) is 2.71. The number of hydrogen-bond acceptors (Lipinski definition) is 10. The van der Waals surface area contributed by atoms with Crippen LogP contribution in [0.1, 0.15) is 66.2 Å². The highest BCUT2D eigenvalue weighted by Gasteiger charge is 2.52. The van der Waals surface area contributed by atoms with Gasteiger partial charge < -0.3 is 28.4 Å². The van der Waals surface area contributed by atoms with Crippen molar-refractivity contribution in [2.75, 3.05) is 18.5 Å². The van der Waals surface area contributed by atoms with Crippen molar-refractivity contribution in [1.82, 2.24) is 0 Å². The summed E-state index contributed by atoms with van der Waals surface area (Å²) >= 11 is 3.41. The van der Waals surface area contributed by atoms with Crippen molar-refractivity contribution in [3.05, 3.63) is 0 Å². The second kappa shape index (κ2) is 16.0. The standard InChI is InChI=1S/C22H35BrO10/c1-14(24)29-13-18-19(30-15(2)25)20(31-16(3)26)21(32-17(4)27)22(33-18)28-12-10-8-6-5-7-9-11-23/h18-22H,5-13H2,1-4H3/t18-,19-,20+,21-,22+/m1/s1. The normalized spacial score (nSPS) is 24.6. The summed E-state index contributed by atoms with van der Waals surface area (Å²) in [7, 11) is 0. The van der Waals surface area contributed by atoms with Crippen LogP contribution in [0.25, 0.3) is 0 Å². The molecule has 10 nitrogen and oxygen atoms in total. The molecule has 190 valence electrons. The zero-order valence-electron chi connectivity index (χ0n) is 19.7. The van der Waals surface area contributed by atoms with Gasteiger partial charge in [0.05, 0.1) is 0 Å². The molecule has 0 amide bonds. The summed E-state index contributed by atoms with van der Waals surface area (Å²) in [4.78, 5) is 46.6. The Morgan fingerprint density at radius 3 is 1.76 bits per heavy atom. The summed E-state index contributed by atoms with van der Waals surface area (Å²) in [5.41, 5.74) is 0. The highest BCUT2D eigenvalue weighted by Crippen LogP contribution is 2.30. The van der Waals surface area contributed by atoms with Gasteiger partial charge in [-0.15, -0.1) is 0 Å². The van der Waals surface area contributed by atoms with Crippen LogP contribution in [-0.2, 0) is 47.6 Å². The summed E-state index contributed by atoms with van der Waals surface area (Å²) in [6.07, 6.45) is 0.523. The lowest BCUT2D eigenvalue weighted by molar-refractivity contribution is -0.308. The number of halogens is 1. The number of rotatable bonds is 14. The molecule has 1 rings (SSSR count). The molecule has 0 spiro atoms. The Hall–Kier alpha value is -1.72. The monoisotopic (exact) mass is 538 g/mol. The number of alkyl halides is 1. The average molecular weight is 539 g/mol. The zero-order valence-corrected chi connectivity index (χ0v) is 21.3. The summed E-state index contributed by atoms with van der Waals surface area (Å²) < 4.78 is 32.8. The van der Waals surface area contributed by atoms with E-state index in [2.05, 4.69) is 15.9 Å². The van der Waals surface area contributed by atoms with Gasteiger partial charge in [-0.2, -0.15) is 0 Å². The first-order chi connectivity index (χ1) is 15.6. The molecule has 0 saturated carbocycles. The van der Waals surface area contributed by atoms with E-state index in [4.69, 9.17) is 28.4 Å². The van der Waals surface area contributed by atoms with E-state index in [1.165, 1.54) is 27.7 Å². The molecule has 0 radical (unpaired) electrons. The fourth-order valence-electron chi connectivity index (χ4n) is 3.43. The fraction of sp³-hybridized carbons (Fsp3) is 0.818. The molecule has 0 N–H and O–H groups in total. The Bertz CT molecular complexity index is 641. The Kier molecular flexibility index (Phi) is 14.2. The Morgan fingerprint density at radius 1 is 0.697 bits per heavy atom. The van der Waals surface area contributed by atoms with Crippen molar-refractivity contribution in [3.8, 4) is 0 Å². The van der Waals surface area contributed by atoms with Crippen molar-refractivity contribution in [1.29, 1.82) is 0 Å². The van der Waals surface area contributed by atoms with Gasteiger partial charge in [0.15, 0.2) is 24.6 Å². The van der Waals surface area contributed by atoms with Crippen LogP contribution in [0.3, 0.4) is 0 Å². The lowest BCUT2D eigenvalue weighted by Gasteiger charge is -2.44. The van der Waals surface area contributed by atoms with E-state index >= 15 is 0 Å². The molecule has 1 fully saturated rings. The van der Waals surface area contributed by atoms with Gasteiger partial charge in [0.2, 0.25) is 0 Å². The third-order valence-electron chi connectivity index (χ3n) is 4.76. The molecular formula is C22H35BrO10. The highest BCUT2D eigenvalue weighted by atomic mass is 79.9. The maximum atomic E-state index is 11.8. The first kappa shape index (κ1) is 29.3. The van der Waals surface area contributed by atoms with Crippen LogP contribution in [0.2, 0.25) is 0 Å². The minimum Gasteiger partial charge on any atom is -0.463 e. The molecule has 0 bridgehead atoms. The van der Waals surface area contributed by atoms with E-state index in [9.17, 15) is 19.2 Å². The molecule has 0 aliphatic carbocycles. The number of esters is 4. The minimum atomic E-state index is -1.21. The number of ether oxygens (including phenoxy) is 6. The number of carbonyl (C=O) groups excluding carboxylic acids is 4. The molecule has 1 saturated heterocycles. The van der Waals surface area contributed by atoms with E-state index in [1.54, 1.807) is 0 Å². The molecule has 0 aromatic rings. The van der Waals surface area contributed by atoms with Gasteiger partial charge in [0.1, 0.15) is 12.7 Å². The van der Waals surface area contributed by atoms with E-state index in [-0.39, 0.29) is 6.61 Å². The van der Waals surface area contributed by atoms with Gasteiger partial charge in [-0.05, 0) is 12.8 Å². The number of hydrogen-bond donors (Lipinski definition) is 0. The van der Waals surface area contributed by atoms with E-state index in [0.717, 1.165) is 43.9 Å². The van der Waals surface area contributed by atoms with Crippen molar-refractivity contribution in [2.24, 2.45) is 0 Å². The lowest BCUT2D eigenvalue weighted by atomic mass is 9.98. The molecule has 5 atom stereocenters. The largest absolute Gasteiger partial charge is 0.463 e. The SMILES string of the molecule is CC(=O)OC[C@H]1O[C@H](OCCCCCCCCBr)[C@H](OC(C)=O)[C@@H](OC(C)=O)[C@@H]1OC(C)=O. The lowest BCUT2D eigenvalue weighted by Crippen LogP contribution is -2.63. The van der Waals surface area contributed by atoms with Gasteiger partial charge >= 0.3 is 23.9 Å². The van der Waals surface area contributed by atoms with Crippen LogP contribution >= 0.6 is 15.9 Å². The van der Waals surface area contributed by atoms with E-state index in [0.29, 0.717) is 6.61 Å². The van der Waals surface area contributed by atoms with Gasteiger partial charge in [-0.1, -0.05) is 41.6 Å². The van der Waals surface area contributed by atoms with Gasteiger partial charge in [0.25, 0.3) is 0 Å². The first-order valence-electron chi connectivity index (χ1n) is 11.1. The topological polar surface area (TPSA) is 124 Å². The van der Waals surface area contributed by atoms with Crippen LogP contribution in [0, 0.1) is 0 Å². The molecule has 11 heteroatoms. The molecule has 0 unspecified atom stereocenters. The molecule has 1 aliphatic heterocycles. The van der Waals surface area contributed by atoms with E-state index < -0.39 is 54.6 Å². The Labute approximate surface area is 203 Å². The molecule has 1 heterocycles. The van der Waals surface area contributed by atoms with Crippen LogP contribution in [0.4, 0.5) is 0 Å². The van der Waals surface area contributed by atoms with Crippen molar-refractivity contribution < 1.29 is 47.6 Å². The quantitative estimate of drug-likeness (QED) is 0.141. The summed E-state index contributed by atoms with van der Waals surface area (Å²) in [5, 5.41) is 0.999. The van der Waals surface area contributed by atoms with Crippen molar-refractivity contribution >= 4 is 39.8 Å². The minimum absolute atomic E-state index is 0.273. The number of carbonyl (C=O) groups is 4. The third kappa shape index (κ3) is 11.8. The molecule has 33 heavy (non-hydrogen) atoms. The third-order valence-corrected chi connectivity index (χ3v) is 5.32. The van der Waals surface area contributed by atoms with Crippen LogP contribution in [0.5, 0.6) is 0 Å². The summed E-state index contributed by atoms with van der Waals surface area (Å²) in [6, 6.07) is 0. The maximum Gasteiger partial charge on any atom is 0.303 e. The molecular weight excluding hydrogens is 504 g/mol. The number of unbranched alkanes of at least 4 members (excludes halogenated alkanes) is 5. The molecule has 0 aromatic heterocycles. The zero-order chi connectivity index (χ0) is 24.8. The molecule has 0 aromatic carbocycles. The van der Waals surface area contributed by atoms with Crippen LogP contribution in [0.15, 0.2) is 0 Å². The summed E-state index contributed by atoms with van der Waals surface area (Å²) in [5.74, 6) is -2.57. The maximum absolute atomic E-state index is 11.8. The van der Waals surface area contributed by atoms with Gasteiger partial charge in [-0.3, -0.25) is 19.2 Å². The predicted molar refractivity (Wildman–Crippen MR) is 119 cm³/mol. The van der Waals surface area contributed by atoms with Gasteiger partial charge in [-0.25, -0.2) is 0 Å². The second-order valence-corrected chi connectivity index (χ2v) is 8.54. The smallest absolute Gasteiger partial charge is 0.303 e. The highest BCUT2D eigenvalue weighted by molar-refractivity contribution is 9.09. The summed E-state index contributed by atoms with van der Waals surface area (Å²) in [6.45, 7) is 4.81. The Morgan fingerprint density at radius 2 is 1.21 bits per heavy atom. The fourth-order valence-corrected chi connectivity index (χ4v) is 3.82. The van der Waals surface area contributed by atoms with E-state index in [1.807, 2.05) is 0 Å². The van der Waals surface area contributed by atoms with Crippen LogP contribution in [-0.4, -0.2) is 73.1 Å². The van der Waals surface area contributed by atoms with Crippen LogP contribution < -0.4 is 0 Å². The van der Waals surface area contributed by atoms with Gasteiger partial charge in [0, 0.05) is 39.6 Å². The predicted octanol–water partition coefficient (Wildman–Crippen LogP) is 2.82. The first-order valence-corrected chi connectivity index (χ1v) is 12.3. The molecule has 1 aliphatic rings. The van der Waals surface area contributed by atoms with Crippen molar-refractivity contribution in [3.63, 3.8) is 0 Å².